The van der Waals surface area contributed by atoms with Crippen molar-refractivity contribution >= 4 is 11.8 Å². The average Bonchev–Trinajstić information content (AvgIpc) is 2.01. The Morgan fingerprint density at radius 1 is 1.71 bits per heavy atom. The van der Waals surface area contributed by atoms with Crippen molar-refractivity contribution in [2.24, 2.45) is 0 Å². The van der Waals surface area contributed by atoms with Crippen molar-refractivity contribution < 1.29 is 14.6 Å². The summed E-state index contributed by atoms with van der Waals surface area (Å²) in [7, 11) is 0. The Balaban J connectivity index is 3.28. The maximum absolute atomic E-state index is 10.9. The lowest BCUT2D eigenvalue weighted by atomic mass is 10.2. The van der Waals surface area contributed by atoms with Gasteiger partial charge in [-0.1, -0.05) is 0 Å². The fourth-order valence-electron chi connectivity index (χ4n) is 1.20. The second kappa shape index (κ2) is 3.95. The topological polar surface area (TPSA) is 85.4 Å². The summed E-state index contributed by atoms with van der Waals surface area (Å²) in [6.45, 7) is 3.75. The molecule has 76 valence electrons. The molecule has 5 nitrogen and oxygen atoms in total. The zero-order valence-corrected chi connectivity index (χ0v) is 8.07. The van der Waals surface area contributed by atoms with Crippen molar-refractivity contribution in [2.75, 3.05) is 12.3 Å². The molecule has 0 aliphatic carbocycles. The van der Waals surface area contributed by atoms with Gasteiger partial charge in [-0.05, 0) is 13.8 Å². The fraction of sp³-hybridized carbons (Fsp3) is 0.333. The largest absolute Gasteiger partial charge is 0.493 e. The molecule has 0 saturated heterocycles. The number of nitrogens with zero attached hydrogens (tertiary/aromatic N) is 1. The predicted octanol–water partition coefficient (Wildman–Crippen LogP) is 1.07. The van der Waals surface area contributed by atoms with Crippen molar-refractivity contribution in [3.63, 3.8) is 0 Å². The van der Waals surface area contributed by atoms with Crippen LogP contribution in [0.25, 0.3) is 0 Å². The molecule has 3 N–H and O–H groups in total. The van der Waals surface area contributed by atoms with Crippen LogP contribution in [0, 0.1) is 6.92 Å². The predicted molar refractivity (Wildman–Crippen MR) is 51.5 cm³/mol. The Morgan fingerprint density at radius 3 is 2.86 bits per heavy atom. The minimum Gasteiger partial charge on any atom is -0.493 e. The molecule has 0 bridgehead atoms. The zero-order valence-electron chi connectivity index (χ0n) is 8.07. The fourth-order valence-corrected chi connectivity index (χ4v) is 1.20. The van der Waals surface area contributed by atoms with Gasteiger partial charge in [-0.15, -0.1) is 0 Å². The van der Waals surface area contributed by atoms with Gasteiger partial charge in [0.15, 0.2) is 0 Å². The van der Waals surface area contributed by atoms with Gasteiger partial charge in [0.05, 0.1) is 12.3 Å². The van der Waals surface area contributed by atoms with Crippen molar-refractivity contribution in [1.29, 1.82) is 0 Å². The molecule has 1 aromatic heterocycles. The average molecular weight is 196 g/mol. The van der Waals surface area contributed by atoms with Crippen LogP contribution in [-0.4, -0.2) is 22.7 Å². The van der Waals surface area contributed by atoms with E-state index < -0.39 is 5.97 Å². The molecular formula is C9H12N2O3. The highest BCUT2D eigenvalue weighted by atomic mass is 16.5. The van der Waals surface area contributed by atoms with E-state index in [-0.39, 0.29) is 17.1 Å². The lowest BCUT2D eigenvalue weighted by Crippen LogP contribution is -2.08. The number of hydrogen-bond acceptors (Lipinski definition) is 4. The summed E-state index contributed by atoms with van der Waals surface area (Å²) < 4.78 is 5.16. The van der Waals surface area contributed by atoms with Crippen LogP contribution in [0.15, 0.2) is 6.07 Å². The van der Waals surface area contributed by atoms with E-state index >= 15 is 0 Å². The molecule has 1 aromatic rings. The number of aromatic nitrogens is 1. The number of nitrogen functional groups attached to an aromatic ring is 1. The number of hydrogen-bond donors (Lipinski definition) is 2. The second-order valence-corrected chi connectivity index (χ2v) is 2.74. The number of pyridine rings is 1. The van der Waals surface area contributed by atoms with Crippen LogP contribution in [0.1, 0.15) is 23.0 Å². The van der Waals surface area contributed by atoms with Gasteiger partial charge in [0, 0.05) is 6.07 Å². The maximum atomic E-state index is 10.9. The lowest BCUT2D eigenvalue weighted by molar-refractivity contribution is 0.0691. The molecule has 1 rings (SSSR count). The standard InChI is InChI=1S/C9H12N2O3/c1-3-14-6-4-7(10)11-5(2)8(6)9(12)13/h4H,3H2,1-2H3,(H2,10,11)(H,12,13). The monoisotopic (exact) mass is 196 g/mol. The van der Waals surface area contributed by atoms with E-state index in [2.05, 4.69) is 4.98 Å². The second-order valence-electron chi connectivity index (χ2n) is 2.74. The number of carbonyl (C=O) groups is 1. The quantitative estimate of drug-likeness (QED) is 0.755. The van der Waals surface area contributed by atoms with Gasteiger partial charge >= 0.3 is 5.97 Å². The Labute approximate surface area is 81.5 Å². The summed E-state index contributed by atoms with van der Waals surface area (Å²) in [6, 6.07) is 1.42. The first-order valence-electron chi connectivity index (χ1n) is 4.19. The molecule has 14 heavy (non-hydrogen) atoms. The van der Waals surface area contributed by atoms with Gasteiger partial charge in [0.2, 0.25) is 0 Å². The first-order chi connectivity index (χ1) is 6.56. The molecular weight excluding hydrogens is 184 g/mol. The van der Waals surface area contributed by atoms with E-state index in [9.17, 15) is 4.79 Å². The Morgan fingerprint density at radius 2 is 2.36 bits per heavy atom. The lowest BCUT2D eigenvalue weighted by Gasteiger charge is -2.09. The molecule has 0 aliphatic rings. The molecule has 0 spiro atoms. The van der Waals surface area contributed by atoms with Crippen molar-refractivity contribution in [3.05, 3.63) is 17.3 Å². The highest BCUT2D eigenvalue weighted by Crippen LogP contribution is 2.23. The summed E-state index contributed by atoms with van der Waals surface area (Å²) in [4.78, 5) is 14.7. The number of aromatic carboxylic acids is 1. The number of rotatable bonds is 3. The van der Waals surface area contributed by atoms with E-state index in [1.54, 1.807) is 13.8 Å². The van der Waals surface area contributed by atoms with Gasteiger partial charge in [0.1, 0.15) is 17.1 Å². The van der Waals surface area contributed by atoms with Crippen LogP contribution in [-0.2, 0) is 0 Å². The van der Waals surface area contributed by atoms with Gasteiger partial charge in [-0.3, -0.25) is 0 Å². The number of ether oxygens (including phenoxy) is 1. The van der Waals surface area contributed by atoms with E-state index in [1.165, 1.54) is 6.07 Å². The highest BCUT2D eigenvalue weighted by Gasteiger charge is 2.16. The Hall–Kier alpha value is -1.78. The Kier molecular flexibility index (Phi) is 2.91. The molecule has 0 fully saturated rings. The normalized spacial score (nSPS) is 9.86. The van der Waals surface area contributed by atoms with Gasteiger partial charge in [0.25, 0.3) is 0 Å². The van der Waals surface area contributed by atoms with Crippen LogP contribution in [0.3, 0.4) is 0 Å². The molecule has 0 unspecified atom stereocenters. The molecule has 5 heteroatoms. The van der Waals surface area contributed by atoms with E-state index in [0.29, 0.717) is 12.3 Å². The van der Waals surface area contributed by atoms with Crippen LogP contribution in [0.5, 0.6) is 5.75 Å². The third kappa shape index (κ3) is 1.93. The molecule has 0 saturated carbocycles. The minimum atomic E-state index is -1.06. The van der Waals surface area contributed by atoms with E-state index in [4.69, 9.17) is 15.6 Å². The molecule has 0 aliphatic heterocycles. The number of carboxylic acid groups (broad SMARTS) is 1. The van der Waals surface area contributed by atoms with E-state index in [0.717, 1.165) is 0 Å². The first kappa shape index (κ1) is 10.3. The maximum Gasteiger partial charge on any atom is 0.341 e. The summed E-state index contributed by atoms with van der Waals surface area (Å²) in [5.74, 6) is -0.528. The van der Waals surface area contributed by atoms with Gasteiger partial charge in [-0.2, -0.15) is 0 Å². The summed E-state index contributed by atoms with van der Waals surface area (Å²) >= 11 is 0. The zero-order chi connectivity index (χ0) is 10.7. The van der Waals surface area contributed by atoms with Crippen molar-refractivity contribution in [2.45, 2.75) is 13.8 Å². The Bertz CT molecular complexity index is 363. The van der Waals surface area contributed by atoms with E-state index in [1.807, 2.05) is 0 Å². The summed E-state index contributed by atoms with van der Waals surface area (Å²) in [5.41, 5.74) is 5.91. The van der Waals surface area contributed by atoms with Crippen LogP contribution >= 0.6 is 0 Å². The molecule has 0 atom stereocenters. The number of nitrogens with two attached hydrogens (primary N) is 1. The molecule has 0 amide bonds. The number of aryl methyl sites for hydroxylation is 1. The van der Waals surface area contributed by atoms with Gasteiger partial charge in [-0.25, -0.2) is 9.78 Å². The van der Waals surface area contributed by atoms with Crippen molar-refractivity contribution in [1.82, 2.24) is 4.98 Å². The molecule has 0 radical (unpaired) electrons. The SMILES string of the molecule is CCOc1cc(N)nc(C)c1C(=O)O. The molecule has 0 aromatic carbocycles. The van der Waals surface area contributed by atoms with Crippen LogP contribution < -0.4 is 10.5 Å². The van der Waals surface area contributed by atoms with Gasteiger partial charge < -0.3 is 15.6 Å². The summed E-state index contributed by atoms with van der Waals surface area (Å²) in [5, 5.41) is 8.90. The minimum absolute atomic E-state index is 0.0704. The third-order valence-corrected chi connectivity index (χ3v) is 1.70. The molecule has 1 heterocycles. The van der Waals surface area contributed by atoms with Crippen LogP contribution in [0.4, 0.5) is 5.82 Å². The number of carboxylic acids is 1. The first-order valence-corrected chi connectivity index (χ1v) is 4.19. The van der Waals surface area contributed by atoms with Crippen LogP contribution in [0.2, 0.25) is 0 Å². The third-order valence-electron chi connectivity index (χ3n) is 1.70. The summed E-state index contributed by atoms with van der Waals surface area (Å²) in [6.07, 6.45) is 0. The van der Waals surface area contributed by atoms with Crippen molar-refractivity contribution in [3.8, 4) is 5.75 Å². The smallest absolute Gasteiger partial charge is 0.341 e. The highest BCUT2D eigenvalue weighted by molar-refractivity contribution is 5.92. The number of anilines is 1.